The van der Waals surface area contributed by atoms with Gasteiger partial charge in [-0.2, -0.15) is 11.8 Å². The molecule has 1 aromatic carbocycles. The van der Waals surface area contributed by atoms with Crippen LogP contribution in [0.2, 0.25) is 0 Å². The first kappa shape index (κ1) is 18.8. The maximum atomic E-state index is 5.49. The summed E-state index contributed by atoms with van der Waals surface area (Å²) in [6.07, 6.45) is 2.15. The molecule has 0 unspecified atom stereocenters. The summed E-state index contributed by atoms with van der Waals surface area (Å²) < 4.78 is 5.69. The summed E-state index contributed by atoms with van der Waals surface area (Å²) in [5, 5.41) is 3.52. The number of ether oxygens (including phenoxy) is 1. The maximum absolute atomic E-state index is 5.49. The van der Waals surface area contributed by atoms with E-state index in [-0.39, 0.29) is 4.75 Å². The molecule has 24 heavy (non-hydrogen) atoms. The summed E-state index contributed by atoms with van der Waals surface area (Å²) in [5.41, 5.74) is 1.17. The molecule has 0 atom stereocenters. The third-order valence-corrected chi connectivity index (χ3v) is 5.69. The van der Waals surface area contributed by atoms with Gasteiger partial charge in [-0.25, -0.2) is 0 Å². The van der Waals surface area contributed by atoms with Gasteiger partial charge < -0.3 is 19.9 Å². The molecule has 5 nitrogen and oxygen atoms in total. The first-order valence-corrected chi connectivity index (χ1v) is 9.62. The van der Waals surface area contributed by atoms with Gasteiger partial charge in [-0.15, -0.1) is 0 Å². The number of piperazine rings is 1. The van der Waals surface area contributed by atoms with Crippen LogP contribution in [0.15, 0.2) is 29.3 Å². The average Bonchev–Trinajstić information content (AvgIpc) is 2.62. The number of hydrogen-bond acceptors (Lipinski definition) is 4. The van der Waals surface area contributed by atoms with E-state index in [9.17, 15) is 0 Å². The lowest BCUT2D eigenvalue weighted by molar-refractivity contribution is 0.366. The second kappa shape index (κ2) is 8.51. The minimum atomic E-state index is 0.204. The first-order valence-electron chi connectivity index (χ1n) is 8.39. The molecule has 1 fully saturated rings. The molecule has 1 aliphatic rings. The van der Waals surface area contributed by atoms with Crippen molar-refractivity contribution in [3.8, 4) is 5.75 Å². The van der Waals surface area contributed by atoms with Crippen LogP contribution in [-0.4, -0.2) is 68.7 Å². The number of hydrogen-bond donors (Lipinski definition) is 1. The fourth-order valence-corrected chi connectivity index (χ4v) is 2.96. The highest BCUT2D eigenvalue weighted by Gasteiger charge is 2.23. The van der Waals surface area contributed by atoms with Gasteiger partial charge in [0, 0.05) is 44.5 Å². The molecular weight excluding hydrogens is 320 g/mol. The van der Waals surface area contributed by atoms with Crippen LogP contribution in [0.1, 0.15) is 13.8 Å². The highest BCUT2D eigenvalue weighted by Crippen LogP contribution is 2.28. The van der Waals surface area contributed by atoms with Gasteiger partial charge >= 0.3 is 0 Å². The lowest BCUT2D eigenvalue weighted by Crippen LogP contribution is -2.54. The molecule has 0 spiro atoms. The van der Waals surface area contributed by atoms with E-state index in [2.05, 4.69) is 52.3 Å². The predicted octanol–water partition coefficient (Wildman–Crippen LogP) is 2.53. The van der Waals surface area contributed by atoms with Crippen molar-refractivity contribution in [1.82, 2.24) is 10.2 Å². The standard InChI is InChI=1S/C18H30N4OS/c1-18(2,24-5)14-20-17(19-3)22-12-10-21(11-13-22)15-8-6-7-9-16(15)23-4/h6-9H,10-14H2,1-5H3,(H,19,20). The van der Waals surface area contributed by atoms with E-state index >= 15 is 0 Å². The number of nitrogens with zero attached hydrogens (tertiary/aromatic N) is 3. The number of guanidine groups is 1. The number of nitrogens with one attached hydrogen (secondary N) is 1. The van der Waals surface area contributed by atoms with Crippen LogP contribution in [0.4, 0.5) is 5.69 Å². The minimum Gasteiger partial charge on any atom is -0.495 e. The smallest absolute Gasteiger partial charge is 0.193 e. The van der Waals surface area contributed by atoms with Crippen molar-refractivity contribution in [3.63, 3.8) is 0 Å². The first-order chi connectivity index (χ1) is 11.5. The van der Waals surface area contributed by atoms with E-state index < -0.39 is 0 Å². The molecule has 1 heterocycles. The second-order valence-corrected chi connectivity index (χ2v) is 8.02. The van der Waals surface area contributed by atoms with Crippen molar-refractivity contribution in [2.24, 2.45) is 4.99 Å². The lowest BCUT2D eigenvalue weighted by Gasteiger charge is -2.38. The zero-order chi connectivity index (χ0) is 17.6. The zero-order valence-electron chi connectivity index (χ0n) is 15.5. The lowest BCUT2D eigenvalue weighted by atomic mass is 10.2. The number of para-hydroxylation sites is 2. The number of benzene rings is 1. The molecule has 0 amide bonds. The molecule has 0 aromatic heterocycles. The Hall–Kier alpha value is -1.56. The number of thioether (sulfide) groups is 1. The third-order valence-electron chi connectivity index (χ3n) is 4.44. The fourth-order valence-electron chi connectivity index (χ4n) is 2.75. The highest BCUT2D eigenvalue weighted by molar-refractivity contribution is 7.99. The molecular formula is C18H30N4OS. The monoisotopic (exact) mass is 350 g/mol. The van der Waals surface area contributed by atoms with Gasteiger partial charge in [-0.1, -0.05) is 12.1 Å². The van der Waals surface area contributed by atoms with Crippen molar-refractivity contribution in [1.29, 1.82) is 0 Å². The molecule has 2 rings (SSSR count). The molecule has 1 N–H and O–H groups in total. The molecule has 0 radical (unpaired) electrons. The van der Waals surface area contributed by atoms with Gasteiger partial charge in [-0.3, -0.25) is 4.99 Å². The number of methoxy groups -OCH3 is 1. The predicted molar refractivity (Wildman–Crippen MR) is 106 cm³/mol. The summed E-state index contributed by atoms with van der Waals surface area (Å²) in [6, 6.07) is 8.22. The minimum absolute atomic E-state index is 0.204. The van der Waals surface area contributed by atoms with Crippen LogP contribution in [0.25, 0.3) is 0 Å². The van der Waals surface area contributed by atoms with Gasteiger partial charge in [0.05, 0.1) is 12.8 Å². The fraction of sp³-hybridized carbons (Fsp3) is 0.611. The van der Waals surface area contributed by atoms with Gasteiger partial charge in [0.25, 0.3) is 0 Å². The highest BCUT2D eigenvalue weighted by atomic mass is 32.2. The summed E-state index contributed by atoms with van der Waals surface area (Å²) in [4.78, 5) is 9.18. The van der Waals surface area contributed by atoms with Gasteiger partial charge in [-0.05, 0) is 32.2 Å². The van der Waals surface area contributed by atoms with Gasteiger partial charge in [0.1, 0.15) is 5.75 Å². The van der Waals surface area contributed by atoms with E-state index in [0.29, 0.717) is 0 Å². The zero-order valence-corrected chi connectivity index (χ0v) is 16.3. The number of anilines is 1. The van der Waals surface area contributed by atoms with E-state index in [0.717, 1.165) is 44.4 Å². The summed E-state index contributed by atoms with van der Waals surface area (Å²) >= 11 is 1.87. The van der Waals surface area contributed by atoms with E-state index in [1.807, 2.05) is 30.9 Å². The average molecular weight is 351 g/mol. The molecule has 6 heteroatoms. The Bertz CT molecular complexity index is 554. The topological polar surface area (TPSA) is 40.1 Å². The Morgan fingerprint density at radius 2 is 1.92 bits per heavy atom. The molecule has 1 aromatic rings. The molecule has 0 saturated carbocycles. The van der Waals surface area contributed by atoms with Crippen LogP contribution in [-0.2, 0) is 0 Å². The van der Waals surface area contributed by atoms with Crippen LogP contribution >= 0.6 is 11.8 Å². The number of aliphatic imine (C=N–C) groups is 1. The van der Waals surface area contributed by atoms with Crippen molar-refractivity contribution < 1.29 is 4.74 Å². The van der Waals surface area contributed by atoms with Crippen LogP contribution < -0.4 is 15.0 Å². The van der Waals surface area contributed by atoms with Crippen molar-refractivity contribution >= 4 is 23.4 Å². The maximum Gasteiger partial charge on any atom is 0.193 e. The molecule has 0 bridgehead atoms. The van der Waals surface area contributed by atoms with E-state index in [1.165, 1.54) is 5.69 Å². The Labute approximate surface area is 150 Å². The summed E-state index contributed by atoms with van der Waals surface area (Å²) in [6.45, 7) is 9.25. The Morgan fingerprint density at radius 3 is 2.50 bits per heavy atom. The number of rotatable bonds is 5. The van der Waals surface area contributed by atoms with E-state index in [1.54, 1.807) is 7.11 Å². The largest absolute Gasteiger partial charge is 0.495 e. The molecule has 134 valence electrons. The molecule has 0 aliphatic carbocycles. The normalized spacial score (nSPS) is 16.3. The van der Waals surface area contributed by atoms with Crippen molar-refractivity contribution in [2.45, 2.75) is 18.6 Å². The third kappa shape index (κ3) is 4.72. The molecule has 1 saturated heterocycles. The van der Waals surface area contributed by atoms with Crippen LogP contribution in [0.5, 0.6) is 5.75 Å². The second-order valence-electron chi connectivity index (χ2n) is 6.51. The van der Waals surface area contributed by atoms with E-state index in [4.69, 9.17) is 4.74 Å². The van der Waals surface area contributed by atoms with Crippen LogP contribution in [0.3, 0.4) is 0 Å². The van der Waals surface area contributed by atoms with Gasteiger partial charge in [0.15, 0.2) is 5.96 Å². The van der Waals surface area contributed by atoms with Gasteiger partial charge in [0.2, 0.25) is 0 Å². The quantitative estimate of drug-likeness (QED) is 0.653. The molecule has 1 aliphatic heterocycles. The Kier molecular flexibility index (Phi) is 6.66. The summed E-state index contributed by atoms with van der Waals surface area (Å²) in [5.74, 6) is 1.94. The SMILES string of the molecule is CN=C(NCC(C)(C)SC)N1CCN(c2ccccc2OC)CC1. The Morgan fingerprint density at radius 1 is 1.25 bits per heavy atom. The van der Waals surface area contributed by atoms with Crippen LogP contribution in [0, 0.1) is 0 Å². The van der Waals surface area contributed by atoms with Crippen molar-refractivity contribution in [3.05, 3.63) is 24.3 Å². The summed E-state index contributed by atoms with van der Waals surface area (Å²) in [7, 11) is 3.59. The van der Waals surface area contributed by atoms with Crippen molar-refractivity contribution in [2.75, 3.05) is 58.0 Å². The Balaban J connectivity index is 1.94.